The molecule has 8 heteroatoms. The Labute approximate surface area is 138 Å². The standard InChI is InChI=1S/C16H22N4O4/c1-11-9-13(21)17(3)15(23)19(11)7-5-6-8-20-12(2)10-14(22)18(4)16(20)24/h9-10H,5-8H2,1-4H3. The van der Waals surface area contributed by atoms with Gasteiger partial charge in [0.15, 0.2) is 0 Å². The molecule has 0 atom stereocenters. The van der Waals surface area contributed by atoms with E-state index in [4.69, 9.17) is 0 Å². The molecule has 2 aromatic heterocycles. The van der Waals surface area contributed by atoms with Crippen LogP contribution in [-0.2, 0) is 27.2 Å². The lowest BCUT2D eigenvalue weighted by atomic mass is 10.2. The lowest BCUT2D eigenvalue weighted by Crippen LogP contribution is -2.39. The molecular formula is C16H22N4O4. The molecule has 130 valence electrons. The number of nitrogens with zero attached hydrogens (tertiary/aromatic N) is 4. The number of aryl methyl sites for hydroxylation is 2. The zero-order valence-corrected chi connectivity index (χ0v) is 14.4. The highest BCUT2D eigenvalue weighted by molar-refractivity contribution is 5.00. The third-order valence-corrected chi connectivity index (χ3v) is 4.23. The molecule has 2 rings (SSSR count). The SMILES string of the molecule is Cc1cc(=O)n(C)c(=O)n1CCCCn1c(C)cc(=O)n(C)c1=O. The van der Waals surface area contributed by atoms with E-state index in [2.05, 4.69) is 0 Å². The minimum absolute atomic E-state index is 0.318. The van der Waals surface area contributed by atoms with Crippen LogP contribution in [-0.4, -0.2) is 18.3 Å². The Bertz CT molecular complexity index is 910. The second kappa shape index (κ2) is 6.86. The molecule has 0 saturated heterocycles. The van der Waals surface area contributed by atoms with Crippen LogP contribution in [0.1, 0.15) is 24.2 Å². The van der Waals surface area contributed by atoms with Gasteiger partial charge in [-0.2, -0.15) is 0 Å². The molecule has 24 heavy (non-hydrogen) atoms. The van der Waals surface area contributed by atoms with Crippen LogP contribution in [0.2, 0.25) is 0 Å². The minimum Gasteiger partial charge on any atom is -0.298 e. The Morgan fingerprint density at radius 2 is 1.04 bits per heavy atom. The summed E-state index contributed by atoms with van der Waals surface area (Å²) in [5.41, 5.74) is -0.0646. The molecule has 0 unspecified atom stereocenters. The number of hydrogen-bond donors (Lipinski definition) is 0. The first-order valence-corrected chi connectivity index (χ1v) is 7.79. The third kappa shape index (κ3) is 3.32. The summed E-state index contributed by atoms with van der Waals surface area (Å²) in [6.07, 6.45) is 1.35. The fraction of sp³-hybridized carbons (Fsp3) is 0.500. The van der Waals surface area contributed by atoms with Gasteiger partial charge < -0.3 is 0 Å². The molecule has 2 aromatic rings. The topological polar surface area (TPSA) is 88.0 Å². The van der Waals surface area contributed by atoms with Crippen LogP contribution >= 0.6 is 0 Å². The van der Waals surface area contributed by atoms with Crippen molar-refractivity contribution >= 4 is 0 Å². The zero-order chi connectivity index (χ0) is 18.0. The van der Waals surface area contributed by atoms with E-state index in [-0.39, 0.29) is 22.5 Å². The molecule has 0 N–H and O–H groups in total. The average Bonchev–Trinajstić information content (AvgIpc) is 2.52. The van der Waals surface area contributed by atoms with Crippen molar-refractivity contribution in [2.45, 2.75) is 39.8 Å². The van der Waals surface area contributed by atoms with E-state index in [1.54, 1.807) is 23.0 Å². The van der Waals surface area contributed by atoms with Gasteiger partial charge in [-0.05, 0) is 26.7 Å². The van der Waals surface area contributed by atoms with Gasteiger partial charge in [-0.15, -0.1) is 0 Å². The molecule has 0 aliphatic carbocycles. The Morgan fingerprint density at radius 3 is 1.38 bits per heavy atom. The lowest BCUT2D eigenvalue weighted by molar-refractivity contribution is 0.493. The number of unbranched alkanes of at least 4 members (excludes halogenated alkanes) is 1. The highest BCUT2D eigenvalue weighted by Crippen LogP contribution is 2.00. The molecule has 0 amide bonds. The number of aromatic nitrogens is 4. The van der Waals surface area contributed by atoms with Crippen LogP contribution in [0.15, 0.2) is 31.3 Å². The molecule has 0 fully saturated rings. The van der Waals surface area contributed by atoms with Crippen molar-refractivity contribution in [3.8, 4) is 0 Å². The largest absolute Gasteiger partial charge is 0.330 e. The summed E-state index contributed by atoms with van der Waals surface area (Å²) in [6, 6.07) is 2.87. The van der Waals surface area contributed by atoms with Crippen LogP contribution < -0.4 is 22.5 Å². The van der Waals surface area contributed by atoms with Gasteiger partial charge in [-0.1, -0.05) is 0 Å². The zero-order valence-electron chi connectivity index (χ0n) is 14.4. The average molecular weight is 334 g/mol. The van der Waals surface area contributed by atoms with Gasteiger partial charge in [0.25, 0.3) is 11.1 Å². The Kier molecular flexibility index (Phi) is 5.06. The van der Waals surface area contributed by atoms with Crippen LogP contribution in [0.25, 0.3) is 0 Å². The van der Waals surface area contributed by atoms with Crippen molar-refractivity contribution < 1.29 is 0 Å². The van der Waals surface area contributed by atoms with Crippen LogP contribution in [0.3, 0.4) is 0 Å². The molecule has 0 saturated carbocycles. The summed E-state index contributed by atoms with van der Waals surface area (Å²) >= 11 is 0. The Balaban J connectivity index is 2.11. The van der Waals surface area contributed by atoms with Crippen LogP contribution in [0, 0.1) is 13.8 Å². The minimum atomic E-state index is -0.338. The van der Waals surface area contributed by atoms with Gasteiger partial charge in [0, 0.05) is 50.7 Å². The van der Waals surface area contributed by atoms with E-state index in [0.29, 0.717) is 37.3 Å². The van der Waals surface area contributed by atoms with Crippen LogP contribution in [0.4, 0.5) is 0 Å². The predicted molar refractivity (Wildman–Crippen MR) is 90.6 cm³/mol. The van der Waals surface area contributed by atoms with Gasteiger partial charge in [0.1, 0.15) is 0 Å². The Hall–Kier alpha value is -2.64. The maximum Gasteiger partial charge on any atom is 0.330 e. The second-order valence-electron chi connectivity index (χ2n) is 5.94. The monoisotopic (exact) mass is 334 g/mol. The molecule has 0 aliphatic rings. The van der Waals surface area contributed by atoms with Crippen molar-refractivity contribution in [1.82, 2.24) is 18.3 Å². The maximum atomic E-state index is 12.1. The highest BCUT2D eigenvalue weighted by Gasteiger charge is 2.07. The molecule has 0 aliphatic heterocycles. The van der Waals surface area contributed by atoms with Crippen molar-refractivity contribution in [2.75, 3.05) is 0 Å². The first-order chi connectivity index (χ1) is 11.2. The van der Waals surface area contributed by atoms with E-state index >= 15 is 0 Å². The van der Waals surface area contributed by atoms with Gasteiger partial charge >= 0.3 is 11.4 Å². The third-order valence-electron chi connectivity index (χ3n) is 4.23. The van der Waals surface area contributed by atoms with Gasteiger partial charge in [-0.3, -0.25) is 27.9 Å². The normalized spacial score (nSPS) is 11.0. The summed E-state index contributed by atoms with van der Waals surface area (Å²) in [5.74, 6) is 0. The summed E-state index contributed by atoms with van der Waals surface area (Å²) in [7, 11) is 2.90. The van der Waals surface area contributed by atoms with E-state index in [1.807, 2.05) is 0 Å². The molecule has 8 nitrogen and oxygen atoms in total. The smallest absolute Gasteiger partial charge is 0.298 e. The summed E-state index contributed by atoms with van der Waals surface area (Å²) in [6.45, 7) is 4.39. The second-order valence-corrected chi connectivity index (χ2v) is 5.94. The first-order valence-electron chi connectivity index (χ1n) is 7.79. The quantitative estimate of drug-likeness (QED) is 0.690. The predicted octanol–water partition coefficient (Wildman–Crippen LogP) is -0.495. The first kappa shape index (κ1) is 17.7. The maximum absolute atomic E-state index is 12.1. The number of rotatable bonds is 5. The van der Waals surface area contributed by atoms with E-state index < -0.39 is 0 Å². The summed E-state index contributed by atoms with van der Waals surface area (Å²) in [4.78, 5) is 47.3. The molecule has 0 radical (unpaired) electrons. The summed E-state index contributed by atoms with van der Waals surface area (Å²) in [5, 5.41) is 0. The molecular weight excluding hydrogens is 312 g/mol. The Morgan fingerprint density at radius 1 is 0.708 bits per heavy atom. The van der Waals surface area contributed by atoms with Crippen molar-refractivity contribution in [1.29, 1.82) is 0 Å². The van der Waals surface area contributed by atoms with Crippen molar-refractivity contribution in [3.05, 3.63) is 65.2 Å². The van der Waals surface area contributed by atoms with E-state index in [1.165, 1.54) is 26.2 Å². The summed E-state index contributed by atoms with van der Waals surface area (Å²) < 4.78 is 5.26. The van der Waals surface area contributed by atoms with Crippen molar-refractivity contribution in [2.24, 2.45) is 14.1 Å². The fourth-order valence-corrected chi connectivity index (χ4v) is 2.64. The fourth-order valence-electron chi connectivity index (χ4n) is 2.64. The number of hydrogen-bond acceptors (Lipinski definition) is 4. The van der Waals surface area contributed by atoms with E-state index in [9.17, 15) is 19.2 Å². The highest BCUT2D eigenvalue weighted by atomic mass is 16.2. The van der Waals surface area contributed by atoms with Gasteiger partial charge in [0.05, 0.1) is 0 Å². The van der Waals surface area contributed by atoms with Crippen molar-refractivity contribution in [3.63, 3.8) is 0 Å². The molecule has 0 bridgehead atoms. The molecule has 0 spiro atoms. The van der Waals surface area contributed by atoms with E-state index in [0.717, 1.165) is 9.13 Å². The lowest BCUT2D eigenvalue weighted by Gasteiger charge is -2.13. The van der Waals surface area contributed by atoms with Gasteiger partial charge in [0.2, 0.25) is 0 Å². The molecule has 2 heterocycles. The molecule has 0 aromatic carbocycles. The van der Waals surface area contributed by atoms with Crippen LogP contribution in [0.5, 0.6) is 0 Å². The van der Waals surface area contributed by atoms with Gasteiger partial charge in [-0.25, -0.2) is 9.59 Å².